The first-order valence-corrected chi connectivity index (χ1v) is 10.5. The molecule has 31 heavy (non-hydrogen) atoms. The van der Waals surface area contributed by atoms with E-state index in [2.05, 4.69) is 30.9 Å². The van der Waals surface area contributed by atoms with Crippen molar-refractivity contribution in [2.45, 2.75) is 13.5 Å². The minimum absolute atomic E-state index is 0.179. The SMILES string of the molecule is COc1nc(N)nc(N2CCOc3ccc(-c4cnc5sc(N)nc5c4)cc3C2)c1C. The van der Waals surface area contributed by atoms with Gasteiger partial charge in [-0.25, -0.2) is 9.97 Å². The lowest BCUT2D eigenvalue weighted by Crippen LogP contribution is -2.27. The van der Waals surface area contributed by atoms with Gasteiger partial charge < -0.3 is 25.8 Å². The van der Waals surface area contributed by atoms with E-state index in [9.17, 15) is 0 Å². The van der Waals surface area contributed by atoms with E-state index in [4.69, 9.17) is 20.9 Å². The summed E-state index contributed by atoms with van der Waals surface area (Å²) in [6.45, 7) is 3.74. The third kappa shape index (κ3) is 3.55. The van der Waals surface area contributed by atoms with E-state index in [1.165, 1.54) is 11.3 Å². The van der Waals surface area contributed by atoms with E-state index < -0.39 is 0 Å². The third-order valence-electron chi connectivity index (χ3n) is 5.22. The van der Waals surface area contributed by atoms with Crippen molar-refractivity contribution in [2.75, 3.05) is 36.6 Å². The smallest absolute Gasteiger partial charge is 0.225 e. The van der Waals surface area contributed by atoms with Crippen LogP contribution in [0.2, 0.25) is 0 Å². The zero-order valence-electron chi connectivity index (χ0n) is 17.1. The van der Waals surface area contributed by atoms with Crippen LogP contribution in [0.25, 0.3) is 21.5 Å². The maximum atomic E-state index is 6.00. The fourth-order valence-electron chi connectivity index (χ4n) is 3.76. The first-order valence-electron chi connectivity index (χ1n) is 9.73. The molecule has 0 bridgehead atoms. The van der Waals surface area contributed by atoms with Gasteiger partial charge in [-0.15, -0.1) is 0 Å². The molecule has 4 N–H and O–H groups in total. The van der Waals surface area contributed by atoms with E-state index >= 15 is 0 Å². The van der Waals surface area contributed by atoms with E-state index in [1.54, 1.807) is 7.11 Å². The lowest BCUT2D eigenvalue weighted by atomic mass is 10.0. The Kier molecular flexibility index (Phi) is 4.70. The number of ether oxygens (including phenoxy) is 2. The summed E-state index contributed by atoms with van der Waals surface area (Å²) in [4.78, 5) is 20.4. The molecule has 0 aliphatic carbocycles. The largest absolute Gasteiger partial charge is 0.491 e. The molecule has 158 valence electrons. The van der Waals surface area contributed by atoms with Gasteiger partial charge in [0.1, 0.15) is 28.5 Å². The first kappa shape index (κ1) is 19.3. The van der Waals surface area contributed by atoms with Crippen LogP contribution in [0, 0.1) is 6.92 Å². The van der Waals surface area contributed by atoms with E-state index in [-0.39, 0.29) is 5.95 Å². The summed E-state index contributed by atoms with van der Waals surface area (Å²) >= 11 is 1.38. The Labute approximate surface area is 182 Å². The molecule has 0 amide bonds. The van der Waals surface area contributed by atoms with Crippen LogP contribution in [-0.2, 0) is 6.54 Å². The molecule has 5 rings (SSSR count). The Hall–Kier alpha value is -3.66. The molecule has 4 aromatic rings. The Morgan fingerprint density at radius 3 is 2.84 bits per heavy atom. The second kappa shape index (κ2) is 7.55. The summed E-state index contributed by atoms with van der Waals surface area (Å²) in [5.74, 6) is 2.25. The number of aromatic nitrogens is 4. The number of fused-ring (bicyclic) bond motifs is 2. The number of benzene rings is 1. The van der Waals surface area contributed by atoms with Gasteiger partial charge in [-0.2, -0.15) is 9.97 Å². The highest BCUT2D eigenvalue weighted by Crippen LogP contribution is 2.34. The maximum Gasteiger partial charge on any atom is 0.225 e. The van der Waals surface area contributed by atoms with E-state index in [1.807, 2.05) is 31.3 Å². The molecular weight excluding hydrogens is 414 g/mol. The molecular formula is C21H21N7O2S. The maximum absolute atomic E-state index is 6.00. The fourth-order valence-corrected chi connectivity index (χ4v) is 4.42. The molecule has 1 aliphatic rings. The van der Waals surface area contributed by atoms with Crippen LogP contribution in [0.4, 0.5) is 16.9 Å². The van der Waals surface area contributed by atoms with Gasteiger partial charge >= 0.3 is 0 Å². The van der Waals surface area contributed by atoms with E-state index in [0.717, 1.165) is 44.2 Å². The van der Waals surface area contributed by atoms with Gasteiger partial charge in [0.2, 0.25) is 11.8 Å². The lowest BCUT2D eigenvalue weighted by Gasteiger charge is -2.23. The number of nitrogens with two attached hydrogens (primary N) is 2. The topological polar surface area (TPSA) is 125 Å². The molecule has 10 heteroatoms. The summed E-state index contributed by atoms with van der Waals surface area (Å²) in [5.41, 5.74) is 16.4. The number of rotatable bonds is 3. The number of pyridine rings is 1. The minimum Gasteiger partial charge on any atom is -0.491 e. The predicted octanol–water partition coefficient (Wildman–Crippen LogP) is 3.03. The third-order valence-corrected chi connectivity index (χ3v) is 6.03. The van der Waals surface area contributed by atoms with Crippen molar-refractivity contribution < 1.29 is 9.47 Å². The van der Waals surface area contributed by atoms with Gasteiger partial charge in [-0.05, 0) is 30.7 Å². The minimum atomic E-state index is 0.179. The number of methoxy groups -OCH3 is 1. The Morgan fingerprint density at radius 1 is 1.13 bits per heavy atom. The highest BCUT2D eigenvalue weighted by Gasteiger charge is 2.21. The summed E-state index contributed by atoms with van der Waals surface area (Å²) in [6, 6.07) is 8.15. The summed E-state index contributed by atoms with van der Waals surface area (Å²) in [6.07, 6.45) is 1.84. The number of nitrogen functional groups attached to an aromatic ring is 2. The number of hydrogen-bond donors (Lipinski definition) is 2. The zero-order chi connectivity index (χ0) is 21.5. The molecule has 0 atom stereocenters. The van der Waals surface area contributed by atoms with Crippen molar-refractivity contribution in [3.63, 3.8) is 0 Å². The summed E-state index contributed by atoms with van der Waals surface area (Å²) in [5, 5.41) is 0.514. The molecule has 9 nitrogen and oxygen atoms in total. The second-order valence-corrected chi connectivity index (χ2v) is 8.24. The second-order valence-electron chi connectivity index (χ2n) is 7.23. The van der Waals surface area contributed by atoms with Crippen LogP contribution in [-0.4, -0.2) is 40.2 Å². The van der Waals surface area contributed by atoms with Crippen molar-refractivity contribution in [3.8, 4) is 22.8 Å². The van der Waals surface area contributed by atoms with Gasteiger partial charge in [0, 0.05) is 23.9 Å². The normalized spacial score (nSPS) is 13.5. The number of anilines is 3. The van der Waals surface area contributed by atoms with Crippen molar-refractivity contribution in [1.82, 2.24) is 19.9 Å². The van der Waals surface area contributed by atoms with Crippen molar-refractivity contribution in [2.24, 2.45) is 0 Å². The fraction of sp³-hybridized carbons (Fsp3) is 0.238. The highest BCUT2D eigenvalue weighted by molar-refractivity contribution is 7.21. The number of thiazole rings is 1. The van der Waals surface area contributed by atoms with Gasteiger partial charge in [-0.1, -0.05) is 17.4 Å². The van der Waals surface area contributed by atoms with Crippen LogP contribution in [0.5, 0.6) is 11.6 Å². The van der Waals surface area contributed by atoms with Crippen molar-refractivity contribution in [3.05, 3.63) is 41.6 Å². The Balaban J connectivity index is 1.52. The highest BCUT2D eigenvalue weighted by atomic mass is 32.1. The quantitative estimate of drug-likeness (QED) is 0.499. The Bertz CT molecular complexity index is 1290. The molecule has 0 spiro atoms. The number of hydrogen-bond acceptors (Lipinski definition) is 10. The molecule has 0 saturated heterocycles. The van der Waals surface area contributed by atoms with Crippen LogP contribution >= 0.6 is 11.3 Å². The van der Waals surface area contributed by atoms with Gasteiger partial charge in [0.25, 0.3) is 0 Å². The summed E-state index contributed by atoms with van der Waals surface area (Å²) < 4.78 is 11.4. The average molecular weight is 436 g/mol. The summed E-state index contributed by atoms with van der Waals surface area (Å²) in [7, 11) is 1.58. The van der Waals surface area contributed by atoms with Crippen molar-refractivity contribution in [1.29, 1.82) is 0 Å². The molecule has 0 saturated carbocycles. The molecule has 0 fully saturated rings. The van der Waals surface area contributed by atoms with E-state index in [0.29, 0.717) is 30.7 Å². The first-order chi connectivity index (χ1) is 15.0. The van der Waals surface area contributed by atoms with Gasteiger partial charge in [-0.3, -0.25) is 0 Å². The van der Waals surface area contributed by atoms with Crippen molar-refractivity contribution >= 4 is 38.6 Å². The zero-order valence-corrected chi connectivity index (χ0v) is 17.9. The molecule has 0 unspecified atom stereocenters. The molecule has 3 aromatic heterocycles. The molecule has 4 heterocycles. The average Bonchev–Trinajstić information content (AvgIpc) is 3.00. The molecule has 0 radical (unpaired) electrons. The Morgan fingerprint density at radius 2 is 2.00 bits per heavy atom. The van der Waals surface area contributed by atoms with Gasteiger partial charge in [0.15, 0.2) is 5.13 Å². The number of nitrogens with zero attached hydrogens (tertiary/aromatic N) is 5. The van der Waals surface area contributed by atoms with Crippen LogP contribution in [0.15, 0.2) is 30.5 Å². The van der Waals surface area contributed by atoms with Crippen LogP contribution in [0.1, 0.15) is 11.1 Å². The van der Waals surface area contributed by atoms with Crippen LogP contribution < -0.4 is 25.8 Å². The lowest BCUT2D eigenvalue weighted by molar-refractivity contribution is 0.331. The standard InChI is InChI=1S/C21H21N7O2S/c1-11-17(26-20(22)27-18(11)29-2)28-5-6-30-16-4-3-12(7-14(16)10-28)13-8-15-19(24-9-13)31-21(23)25-15/h3-4,7-9H,5-6,10H2,1-2H3,(H2,23,25)(H2,22,26,27). The predicted molar refractivity (Wildman–Crippen MR) is 122 cm³/mol. The monoisotopic (exact) mass is 435 g/mol. The molecule has 1 aliphatic heterocycles. The van der Waals surface area contributed by atoms with Gasteiger partial charge in [0.05, 0.1) is 19.2 Å². The molecule has 1 aromatic carbocycles. The van der Waals surface area contributed by atoms with Crippen LogP contribution in [0.3, 0.4) is 0 Å².